The summed E-state index contributed by atoms with van der Waals surface area (Å²) in [4.78, 5) is 16.2. The number of methoxy groups -OCH3 is 1. The second kappa shape index (κ2) is 6.22. The lowest BCUT2D eigenvalue weighted by Crippen LogP contribution is -2.25. The number of carbonyl (C=O) groups is 1. The topological polar surface area (TPSA) is 50.7 Å². The van der Waals surface area contributed by atoms with Gasteiger partial charge >= 0.3 is 0 Å². The van der Waals surface area contributed by atoms with Gasteiger partial charge < -0.3 is 10.1 Å². The number of hydrogen-bond acceptors (Lipinski definition) is 3. The van der Waals surface area contributed by atoms with Gasteiger partial charge in [-0.25, -0.2) is 9.38 Å². The lowest BCUT2D eigenvalue weighted by molar-refractivity contribution is -0.115. The number of hydrogen-bond donors (Lipinski definition) is 1. The fourth-order valence-electron chi connectivity index (χ4n) is 2.18. The van der Waals surface area contributed by atoms with Gasteiger partial charge in [0.1, 0.15) is 23.1 Å². The first-order valence-corrected chi connectivity index (χ1v) is 7.16. The predicted molar refractivity (Wildman–Crippen MR) is 87.1 cm³/mol. The van der Waals surface area contributed by atoms with E-state index in [1.54, 1.807) is 42.5 Å². The van der Waals surface area contributed by atoms with Crippen molar-refractivity contribution in [3.05, 3.63) is 70.1 Å². The number of amidine groups is 1. The highest BCUT2D eigenvalue weighted by molar-refractivity contribution is 6.32. The molecule has 0 fully saturated rings. The Morgan fingerprint density at radius 1 is 1.26 bits per heavy atom. The van der Waals surface area contributed by atoms with Crippen LogP contribution in [0.4, 0.5) is 4.39 Å². The molecule has 0 spiro atoms. The van der Waals surface area contributed by atoms with Crippen LogP contribution >= 0.6 is 11.6 Å². The van der Waals surface area contributed by atoms with Gasteiger partial charge in [0.15, 0.2) is 0 Å². The minimum atomic E-state index is -0.444. The SMILES string of the molecule is COc1ccc(/C=C2/N=C(c3ccccc3F)NC2=O)cc1Cl. The van der Waals surface area contributed by atoms with E-state index < -0.39 is 11.7 Å². The number of aliphatic imine (C=N–C) groups is 1. The van der Waals surface area contributed by atoms with Crippen molar-refractivity contribution >= 4 is 29.4 Å². The molecular formula is C17H12ClFN2O2. The van der Waals surface area contributed by atoms with Crippen LogP contribution < -0.4 is 10.1 Å². The van der Waals surface area contributed by atoms with E-state index in [-0.39, 0.29) is 17.1 Å². The Balaban J connectivity index is 1.95. The Kier molecular flexibility index (Phi) is 4.12. The largest absolute Gasteiger partial charge is 0.495 e. The maximum Gasteiger partial charge on any atom is 0.275 e. The van der Waals surface area contributed by atoms with E-state index in [0.717, 1.165) is 0 Å². The van der Waals surface area contributed by atoms with Crippen molar-refractivity contribution < 1.29 is 13.9 Å². The highest BCUT2D eigenvalue weighted by atomic mass is 35.5. The van der Waals surface area contributed by atoms with Crippen LogP contribution in [0.2, 0.25) is 5.02 Å². The van der Waals surface area contributed by atoms with Crippen LogP contribution in [0.15, 0.2) is 53.2 Å². The molecule has 0 aromatic heterocycles. The molecule has 23 heavy (non-hydrogen) atoms. The average molecular weight is 331 g/mol. The van der Waals surface area contributed by atoms with Crippen molar-refractivity contribution in [2.45, 2.75) is 0 Å². The molecule has 2 aromatic rings. The summed E-state index contributed by atoms with van der Waals surface area (Å²) in [5, 5.41) is 2.99. The molecular weight excluding hydrogens is 319 g/mol. The number of rotatable bonds is 3. The zero-order chi connectivity index (χ0) is 16.4. The molecule has 0 saturated heterocycles. The zero-order valence-electron chi connectivity index (χ0n) is 12.1. The van der Waals surface area contributed by atoms with Crippen molar-refractivity contribution in [1.82, 2.24) is 5.32 Å². The Hall–Kier alpha value is -2.66. The molecule has 4 nitrogen and oxygen atoms in total. The highest BCUT2D eigenvalue weighted by Gasteiger charge is 2.22. The van der Waals surface area contributed by atoms with Crippen LogP contribution in [0.3, 0.4) is 0 Å². The second-order valence-electron chi connectivity index (χ2n) is 4.82. The Morgan fingerprint density at radius 2 is 2.04 bits per heavy atom. The van der Waals surface area contributed by atoms with E-state index in [0.29, 0.717) is 16.3 Å². The van der Waals surface area contributed by atoms with Gasteiger partial charge in [0, 0.05) is 0 Å². The van der Waals surface area contributed by atoms with Crippen LogP contribution in [0.25, 0.3) is 6.08 Å². The molecule has 1 aliphatic heterocycles. The van der Waals surface area contributed by atoms with Gasteiger partial charge in [-0.3, -0.25) is 4.79 Å². The molecule has 0 bridgehead atoms. The molecule has 0 aliphatic carbocycles. The molecule has 0 radical (unpaired) electrons. The van der Waals surface area contributed by atoms with Crippen molar-refractivity contribution in [3.8, 4) is 5.75 Å². The van der Waals surface area contributed by atoms with Crippen LogP contribution in [0.5, 0.6) is 5.75 Å². The van der Waals surface area contributed by atoms with Gasteiger partial charge in [0.2, 0.25) is 0 Å². The standard InChI is InChI=1S/C17H12ClFN2O2/c1-23-15-7-6-10(8-12(15)18)9-14-17(22)21-16(20-14)11-4-2-3-5-13(11)19/h2-9H,1H3,(H,20,21,22)/b14-9+. The number of halogens is 2. The molecule has 1 heterocycles. The molecule has 1 amide bonds. The van der Waals surface area contributed by atoms with E-state index in [4.69, 9.17) is 16.3 Å². The maximum absolute atomic E-state index is 13.8. The van der Waals surface area contributed by atoms with Crippen LogP contribution in [-0.4, -0.2) is 18.9 Å². The predicted octanol–water partition coefficient (Wildman–Crippen LogP) is 3.41. The first-order valence-electron chi connectivity index (χ1n) is 6.78. The summed E-state index contributed by atoms with van der Waals surface area (Å²) >= 11 is 6.06. The number of nitrogens with one attached hydrogen (secondary N) is 1. The van der Waals surface area contributed by atoms with Gasteiger partial charge in [-0.2, -0.15) is 0 Å². The number of benzene rings is 2. The van der Waals surface area contributed by atoms with Crippen LogP contribution in [-0.2, 0) is 4.79 Å². The molecule has 6 heteroatoms. The Bertz CT molecular complexity index is 846. The van der Waals surface area contributed by atoms with Crippen LogP contribution in [0, 0.1) is 5.82 Å². The van der Waals surface area contributed by atoms with Gasteiger partial charge in [-0.15, -0.1) is 0 Å². The molecule has 3 rings (SSSR count). The van der Waals surface area contributed by atoms with Crippen molar-refractivity contribution in [2.75, 3.05) is 7.11 Å². The fraction of sp³-hybridized carbons (Fsp3) is 0.0588. The number of amides is 1. The first kappa shape index (κ1) is 15.2. The van der Waals surface area contributed by atoms with Crippen molar-refractivity contribution in [1.29, 1.82) is 0 Å². The Morgan fingerprint density at radius 3 is 2.74 bits per heavy atom. The second-order valence-corrected chi connectivity index (χ2v) is 5.23. The number of ether oxygens (including phenoxy) is 1. The molecule has 0 unspecified atom stereocenters. The van der Waals surface area contributed by atoms with Gasteiger partial charge in [-0.1, -0.05) is 29.8 Å². The van der Waals surface area contributed by atoms with Crippen molar-refractivity contribution in [3.63, 3.8) is 0 Å². The average Bonchev–Trinajstić information content (AvgIpc) is 2.89. The van der Waals surface area contributed by atoms with E-state index in [1.807, 2.05) is 0 Å². The monoisotopic (exact) mass is 330 g/mol. The lowest BCUT2D eigenvalue weighted by Gasteiger charge is -2.03. The van der Waals surface area contributed by atoms with Gasteiger partial charge in [0.25, 0.3) is 5.91 Å². The minimum absolute atomic E-state index is 0.185. The third-order valence-electron chi connectivity index (χ3n) is 3.31. The third-order valence-corrected chi connectivity index (χ3v) is 3.60. The third kappa shape index (κ3) is 3.10. The molecule has 2 aromatic carbocycles. The molecule has 1 N–H and O–H groups in total. The smallest absolute Gasteiger partial charge is 0.275 e. The first-order chi connectivity index (χ1) is 11.1. The Labute approximate surface area is 137 Å². The van der Waals surface area contributed by atoms with E-state index in [1.165, 1.54) is 13.2 Å². The van der Waals surface area contributed by atoms with Gasteiger partial charge in [0.05, 0.1) is 17.7 Å². The molecule has 1 aliphatic rings. The zero-order valence-corrected chi connectivity index (χ0v) is 12.9. The van der Waals surface area contributed by atoms with E-state index in [9.17, 15) is 9.18 Å². The fourth-order valence-corrected chi connectivity index (χ4v) is 2.45. The summed E-state index contributed by atoms with van der Waals surface area (Å²) in [6.07, 6.45) is 1.58. The minimum Gasteiger partial charge on any atom is -0.495 e. The summed E-state index contributed by atoms with van der Waals surface area (Å²) < 4.78 is 18.9. The lowest BCUT2D eigenvalue weighted by atomic mass is 10.2. The molecule has 116 valence electrons. The van der Waals surface area contributed by atoms with Gasteiger partial charge in [-0.05, 0) is 35.9 Å². The maximum atomic E-state index is 13.8. The van der Waals surface area contributed by atoms with Crippen molar-refractivity contribution in [2.24, 2.45) is 4.99 Å². The summed E-state index contributed by atoms with van der Waals surface area (Å²) in [7, 11) is 1.52. The summed E-state index contributed by atoms with van der Waals surface area (Å²) in [5.41, 5.74) is 1.13. The summed E-state index contributed by atoms with van der Waals surface area (Å²) in [5.74, 6) is -0.102. The summed E-state index contributed by atoms with van der Waals surface area (Å²) in [6, 6.07) is 11.2. The number of carbonyl (C=O) groups excluding carboxylic acids is 1. The van der Waals surface area contributed by atoms with Crippen LogP contribution in [0.1, 0.15) is 11.1 Å². The number of nitrogens with zero attached hydrogens (tertiary/aromatic N) is 1. The quantitative estimate of drug-likeness (QED) is 0.877. The van der Waals surface area contributed by atoms with E-state index in [2.05, 4.69) is 10.3 Å². The molecule has 0 atom stereocenters. The van der Waals surface area contributed by atoms with E-state index >= 15 is 0 Å². The molecule has 0 saturated carbocycles. The summed E-state index contributed by atoms with van der Waals surface area (Å²) in [6.45, 7) is 0. The highest BCUT2D eigenvalue weighted by Crippen LogP contribution is 2.26. The normalized spacial score (nSPS) is 15.5.